The zero-order valence-electron chi connectivity index (χ0n) is 22.9. The first-order chi connectivity index (χ1) is 19.5. The molecule has 0 saturated carbocycles. The summed E-state index contributed by atoms with van der Waals surface area (Å²) in [4.78, 5) is 35.9. The largest absolute Gasteiger partial charge is 0.490 e. The molecule has 20 heteroatoms. The summed E-state index contributed by atoms with van der Waals surface area (Å²) in [5.74, 6) is -6.88. The van der Waals surface area contributed by atoms with Crippen molar-refractivity contribution in [1.29, 1.82) is 0 Å². The predicted octanol–water partition coefficient (Wildman–Crippen LogP) is 3.39. The van der Waals surface area contributed by atoms with Gasteiger partial charge in [-0.3, -0.25) is 4.90 Å². The average Bonchev–Trinajstić information content (AvgIpc) is 2.99. The second-order valence-electron chi connectivity index (χ2n) is 9.30. The number of likely N-dealkylation sites (tertiary alicyclic amines) is 1. The summed E-state index contributed by atoms with van der Waals surface area (Å²) >= 11 is 0. The van der Waals surface area contributed by atoms with Gasteiger partial charge in [0.1, 0.15) is 0 Å². The van der Waals surface area contributed by atoms with Crippen LogP contribution in [-0.4, -0.2) is 120 Å². The van der Waals surface area contributed by atoms with Crippen LogP contribution in [0.5, 0.6) is 5.88 Å². The number of methoxy groups -OCH3 is 1. The van der Waals surface area contributed by atoms with Crippen LogP contribution in [0.1, 0.15) is 12.5 Å². The van der Waals surface area contributed by atoms with Gasteiger partial charge in [-0.15, -0.1) is 0 Å². The first-order valence-corrected chi connectivity index (χ1v) is 11.8. The van der Waals surface area contributed by atoms with Gasteiger partial charge in [-0.2, -0.15) is 39.5 Å². The quantitative estimate of drug-likeness (QED) is 0.415. The number of aromatic nitrogens is 1. The number of nitrogens with zero attached hydrogens (tertiary/aromatic N) is 3. The molecule has 1 aromatic heterocycles. The molecule has 43 heavy (non-hydrogen) atoms. The molecule has 0 aromatic carbocycles. The average molecular weight is 647 g/mol. The third-order valence-electron chi connectivity index (χ3n) is 5.86. The van der Waals surface area contributed by atoms with Gasteiger partial charge >= 0.3 is 36.4 Å². The number of aliphatic carboxylic acids is 3. The van der Waals surface area contributed by atoms with Gasteiger partial charge < -0.3 is 29.7 Å². The van der Waals surface area contributed by atoms with Gasteiger partial charge in [0.05, 0.1) is 20.3 Å². The molecule has 0 bridgehead atoms. The number of ether oxygens (including phenoxy) is 2. The van der Waals surface area contributed by atoms with Gasteiger partial charge in [-0.1, -0.05) is 13.0 Å². The molecule has 0 aliphatic carbocycles. The molecule has 3 heterocycles. The van der Waals surface area contributed by atoms with Crippen LogP contribution in [0.4, 0.5) is 39.5 Å². The van der Waals surface area contributed by atoms with Crippen LogP contribution in [0.3, 0.4) is 0 Å². The standard InChI is InChI=1S/C17H27N3O2.3C2HF3O2/c1-14-9-19(2)11-17(14)12-20(7-8-22-13-17)10-15-5-4-6-18-16(15)21-3;3*3-2(4,5)1(6)7/h4-6,14H,7-13H2,1-3H3;3*(H,6,7)/t14-,17+;;;/m1.../s1. The second kappa shape index (κ2) is 16.5. The molecule has 2 atom stereocenters. The van der Waals surface area contributed by atoms with Gasteiger partial charge in [-0.25, -0.2) is 19.4 Å². The number of rotatable bonds is 3. The lowest BCUT2D eigenvalue weighted by Gasteiger charge is -2.35. The number of hydrogen-bond donors (Lipinski definition) is 3. The molecule has 0 radical (unpaired) electrons. The molecule has 1 spiro atoms. The summed E-state index contributed by atoms with van der Waals surface area (Å²) in [6.45, 7) is 9.24. The van der Waals surface area contributed by atoms with Crippen molar-refractivity contribution in [1.82, 2.24) is 14.8 Å². The van der Waals surface area contributed by atoms with Gasteiger partial charge in [0, 0.05) is 49.9 Å². The Morgan fingerprint density at radius 1 is 0.977 bits per heavy atom. The number of carbonyl (C=O) groups is 3. The number of alkyl halides is 9. The summed E-state index contributed by atoms with van der Waals surface area (Å²) in [5, 5.41) is 21.4. The first kappa shape index (κ1) is 39.6. The number of hydrogen-bond acceptors (Lipinski definition) is 8. The molecular formula is C23H30F9N3O8. The van der Waals surface area contributed by atoms with E-state index < -0.39 is 36.4 Å². The smallest absolute Gasteiger partial charge is 0.481 e. The summed E-state index contributed by atoms with van der Waals surface area (Å²) in [7, 11) is 3.90. The number of halogens is 9. The van der Waals surface area contributed by atoms with Crippen molar-refractivity contribution in [2.24, 2.45) is 11.3 Å². The Balaban J connectivity index is 0.000000690. The van der Waals surface area contributed by atoms with Crippen molar-refractivity contribution in [2.75, 3.05) is 53.6 Å². The number of carboxylic acids is 3. The zero-order valence-corrected chi connectivity index (χ0v) is 22.9. The van der Waals surface area contributed by atoms with E-state index >= 15 is 0 Å². The lowest BCUT2D eigenvalue weighted by atomic mass is 9.79. The summed E-state index contributed by atoms with van der Waals surface area (Å²) < 4.78 is 107. The highest BCUT2D eigenvalue weighted by molar-refractivity contribution is 5.73. The molecule has 1 aromatic rings. The monoisotopic (exact) mass is 647 g/mol. The summed E-state index contributed by atoms with van der Waals surface area (Å²) in [5.41, 5.74) is 1.40. The van der Waals surface area contributed by atoms with Crippen molar-refractivity contribution in [2.45, 2.75) is 32.0 Å². The summed E-state index contributed by atoms with van der Waals surface area (Å²) in [6, 6.07) is 4.09. The molecule has 2 aliphatic heterocycles. The van der Waals surface area contributed by atoms with Crippen LogP contribution in [-0.2, 0) is 25.7 Å². The highest BCUT2D eigenvalue weighted by Crippen LogP contribution is 2.38. The van der Waals surface area contributed by atoms with Crippen LogP contribution in [0.25, 0.3) is 0 Å². The molecule has 0 amide bonds. The molecule has 3 rings (SSSR count). The van der Waals surface area contributed by atoms with Crippen molar-refractivity contribution < 1.29 is 78.7 Å². The molecule has 2 aliphatic rings. The zero-order chi connectivity index (χ0) is 33.8. The van der Waals surface area contributed by atoms with E-state index in [-0.39, 0.29) is 5.41 Å². The topological polar surface area (TPSA) is 150 Å². The minimum atomic E-state index is -5.08. The summed E-state index contributed by atoms with van der Waals surface area (Å²) in [6.07, 6.45) is -13.5. The van der Waals surface area contributed by atoms with Crippen LogP contribution in [0.2, 0.25) is 0 Å². The maximum atomic E-state index is 10.6. The fraction of sp³-hybridized carbons (Fsp3) is 0.652. The molecule has 2 fully saturated rings. The minimum Gasteiger partial charge on any atom is -0.481 e. The van der Waals surface area contributed by atoms with Crippen molar-refractivity contribution in [3.8, 4) is 5.88 Å². The molecular weight excluding hydrogens is 617 g/mol. The third-order valence-corrected chi connectivity index (χ3v) is 5.86. The van der Waals surface area contributed by atoms with Crippen molar-refractivity contribution in [3.05, 3.63) is 23.9 Å². The van der Waals surface area contributed by atoms with E-state index in [4.69, 9.17) is 39.2 Å². The van der Waals surface area contributed by atoms with E-state index in [1.807, 2.05) is 6.07 Å². The van der Waals surface area contributed by atoms with Crippen LogP contribution in [0, 0.1) is 11.3 Å². The lowest BCUT2D eigenvalue weighted by molar-refractivity contribution is -0.193. The normalized spacial score (nSPS) is 21.2. The molecule has 11 nitrogen and oxygen atoms in total. The highest BCUT2D eigenvalue weighted by atomic mass is 19.4. The SMILES string of the molecule is COc1ncccc1CN1CCOC[C@]2(CN(C)C[C@H]2C)C1.O=C(O)C(F)(F)F.O=C(O)C(F)(F)F.O=C(O)C(F)(F)F. The van der Waals surface area contributed by atoms with Crippen molar-refractivity contribution >= 4 is 17.9 Å². The van der Waals surface area contributed by atoms with Gasteiger partial charge in [-0.05, 0) is 19.0 Å². The van der Waals surface area contributed by atoms with E-state index in [0.717, 1.165) is 57.4 Å². The number of carboxylic acid groups (broad SMARTS) is 3. The predicted molar refractivity (Wildman–Crippen MR) is 127 cm³/mol. The fourth-order valence-corrected chi connectivity index (χ4v) is 3.96. The van der Waals surface area contributed by atoms with Crippen LogP contribution < -0.4 is 4.74 Å². The lowest BCUT2D eigenvalue weighted by Crippen LogP contribution is -2.43. The van der Waals surface area contributed by atoms with E-state index in [0.29, 0.717) is 5.92 Å². The van der Waals surface area contributed by atoms with E-state index in [9.17, 15) is 39.5 Å². The van der Waals surface area contributed by atoms with Gasteiger partial charge in [0.25, 0.3) is 0 Å². The maximum absolute atomic E-state index is 10.6. The Bertz CT molecular complexity index is 997. The second-order valence-corrected chi connectivity index (χ2v) is 9.30. The van der Waals surface area contributed by atoms with Crippen LogP contribution >= 0.6 is 0 Å². The third kappa shape index (κ3) is 14.6. The Hall–Kier alpha value is -3.39. The maximum Gasteiger partial charge on any atom is 0.490 e. The molecule has 248 valence electrons. The Morgan fingerprint density at radius 3 is 1.81 bits per heavy atom. The van der Waals surface area contributed by atoms with E-state index in [1.165, 1.54) is 0 Å². The van der Waals surface area contributed by atoms with E-state index in [1.54, 1.807) is 13.3 Å². The first-order valence-electron chi connectivity index (χ1n) is 11.8. The Morgan fingerprint density at radius 2 is 1.44 bits per heavy atom. The molecule has 0 unspecified atom stereocenters. The Kier molecular flexibility index (Phi) is 15.2. The highest BCUT2D eigenvalue weighted by Gasteiger charge is 2.45. The van der Waals surface area contributed by atoms with Gasteiger partial charge in [0.2, 0.25) is 5.88 Å². The minimum absolute atomic E-state index is 0.251. The van der Waals surface area contributed by atoms with Gasteiger partial charge in [0.15, 0.2) is 0 Å². The van der Waals surface area contributed by atoms with Crippen molar-refractivity contribution in [3.63, 3.8) is 0 Å². The Labute approximate surface area is 238 Å². The fourth-order valence-electron chi connectivity index (χ4n) is 3.96. The van der Waals surface area contributed by atoms with E-state index in [2.05, 4.69) is 34.8 Å². The number of pyridine rings is 1. The molecule has 3 N–H and O–H groups in total. The van der Waals surface area contributed by atoms with Crippen LogP contribution in [0.15, 0.2) is 18.3 Å². The molecule has 2 saturated heterocycles.